The first-order chi connectivity index (χ1) is 12.6. The molecule has 0 aliphatic carbocycles. The molecule has 0 radical (unpaired) electrons. The van der Waals surface area contributed by atoms with Crippen LogP contribution in [0.2, 0.25) is 0 Å². The molecule has 0 amide bonds. The summed E-state index contributed by atoms with van der Waals surface area (Å²) in [5.74, 6) is 0.798. The second-order valence-corrected chi connectivity index (χ2v) is 6.73. The van der Waals surface area contributed by atoms with Crippen LogP contribution in [0.25, 0.3) is 0 Å². The average molecular weight is 355 g/mol. The normalized spacial score (nSPS) is 17.0. The Kier molecular flexibility index (Phi) is 5.85. The Morgan fingerprint density at radius 1 is 1.15 bits per heavy atom. The Labute approximate surface area is 152 Å². The molecule has 2 aromatic rings. The summed E-state index contributed by atoms with van der Waals surface area (Å²) in [7, 11) is 0. The molecule has 0 saturated carbocycles. The highest BCUT2D eigenvalue weighted by molar-refractivity contribution is 5.54. The molecule has 1 unspecified atom stereocenters. The lowest BCUT2D eigenvalue weighted by Gasteiger charge is -2.26. The summed E-state index contributed by atoms with van der Waals surface area (Å²) < 4.78 is 5.73. The van der Waals surface area contributed by atoms with Crippen molar-refractivity contribution in [1.29, 1.82) is 0 Å². The highest BCUT2D eigenvalue weighted by Crippen LogP contribution is 2.18. The number of hydrogen-bond donors (Lipinski definition) is 2. The average Bonchev–Trinajstić information content (AvgIpc) is 2.66. The van der Waals surface area contributed by atoms with Crippen molar-refractivity contribution in [3.63, 3.8) is 0 Å². The molecule has 6 heteroatoms. The first-order valence-corrected chi connectivity index (χ1v) is 9.01. The predicted octanol–water partition coefficient (Wildman–Crippen LogP) is 1.49. The van der Waals surface area contributed by atoms with Gasteiger partial charge in [0.15, 0.2) is 0 Å². The maximum atomic E-state index is 11.4. The number of benzene rings is 1. The van der Waals surface area contributed by atoms with Gasteiger partial charge in [0.05, 0.1) is 17.3 Å². The summed E-state index contributed by atoms with van der Waals surface area (Å²) in [6.45, 7) is 3.59. The minimum Gasteiger partial charge on any atom is -0.490 e. The van der Waals surface area contributed by atoms with Crippen LogP contribution in [0.1, 0.15) is 36.4 Å². The standard InChI is InChI=1S/C20H25N3O3/c21-16(17-18(22)20(25)19(17)24)8-5-11-26-15-7-4-6-14(12-15)13-23-9-2-1-3-10-23/h4-8,12,16H,1-3,9-11,13,21-22H2/b8-5-. The van der Waals surface area contributed by atoms with E-state index >= 15 is 0 Å². The minimum atomic E-state index is -0.672. The first kappa shape index (κ1) is 18.4. The van der Waals surface area contributed by atoms with E-state index in [4.69, 9.17) is 16.2 Å². The van der Waals surface area contributed by atoms with Gasteiger partial charge < -0.3 is 16.2 Å². The second kappa shape index (κ2) is 8.29. The molecule has 2 aromatic carbocycles. The van der Waals surface area contributed by atoms with E-state index in [-0.39, 0.29) is 11.3 Å². The Balaban J connectivity index is 1.51. The Hall–Kier alpha value is -2.44. The van der Waals surface area contributed by atoms with E-state index in [0.29, 0.717) is 6.61 Å². The van der Waals surface area contributed by atoms with Gasteiger partial charge in [0.1, 0.15) is 12.4 Å². The summed E-state index contributed by atoms with van der Waals surface area (Å²) >= 11 is 0. The van der Waals surface area contributed by atoms with Gasteiger partial charge in [-0.05, 0) is 49.7 Å². The Bertz CT molecular complexity index is 846. The van der Waals surface area contributed by atoms with Crippen LogP contribution in [0.5, 0.6) is 5.75 Å². The molecular formula is C20H25N3O3. The monoisotopic (exact) mass is 355 g/mol. The van der Waals surface area contributed by atoms with Gasteiger partial charge in [0.2, 0.25) is 10.9 Å². The Morgan fingerprint density at radius 3 is 2.65 bits per heavy atom. The van der Waals surface area contributed by atoms with Crippen molar-refractivity contribution < 1.29 is 4.74 Å². The molecule has 6 nitrogen and oxygen atoms in total. The van der Waals surface area contributed by atoms with Crippen molar-refractivity contribution in [3.05, 3.63) is 68.0 Å². The van der Waals surface area contributed by atoms with Gasteiger partial charge in [-0.2, -0.15) is 0 Å². The van der Waals surface area contributed by atoms with Gasteiger partial charge in [-0.1, -0.05) is 24.6 Å². The van der Waals surface area contributed by atoms with Crippen LogP contribution in [0.4, 0.5) is 5.69 Å². The van der Waals surface area contributed by atoms with Crippen LogP contribution < -0.4 is 27.1 Å². The van der Waals surface area contributed by atoms with Crippen LogP contribution in [0, 0.1) is 0 Å². The number of ether oxygens (including phenoxy) is 1. The summed E-state index contributed by atoms with van der Waals surface area (Å²) in [4.78, 5) is 25.0. The second-order valence-electron chi connectivity index (χ2n) is 6.73. The summed E-state index contributed by atoms with van der Waals surface area (Å²) in [5, 5.41) is 0. The Morgan fingerprint density at radius 2 is 1.92 bits per heavy atom. The van der Waals surface area contributed by atoms with Crippen molar-refractivity contribution in [1.82, 2.24) is 4.90 Å². The SMILES string of the molecule is Nc1c(C(N)/C=C\COc2cccc(CN3CCCCC3)c2)c(=O)c1=O. The summed E-state index contributed by atoms with van der Waals surface area (Å²) in [5.41, 5.74) is 11.5. The van der Waals surface area contributed by atoms with Crippen LogP contribution in [0.15, 0.2) is 46.0 Å². The number of nitrogen functional groups attached to an aromatic ring is 1. The molecule has 138 valence electrons. The first-order valence-electron chi connectivity index (χ1n) is 9.01. The zero-order chi connectivity index (χ0) is 18.5. The molecule has 0 spiro atoms. The third-order valence-electron chi connectivity index (χ3n) is 4.76. The topological polar surface area (TPSA) is 98.6 Å². The molecule has 0 aromatic heterocycles. The summed E-state index contributed by atoms with van der Waals surface area (Å²) in [6.07, 6.45) is 7.24. The summed E-state index contributed by atoms with van der Waals surface area (Å²) in [6, 6.07) is 7.41. The molecule has 0 bridgehead atoms. The van der Waals surface area contributed by atoms with E-state index in [9.17, 15) is 9.59 Å². The number of rotatable bonds is 7. The van der Waals surface area contributed by atoms with E-state index in [1.165, 1.54) is 24.8 Å². The van der Waals surface area contributed by atoms with E-state index in [0.717, 1.165) is 25.4 Å². The van der Waals surface area contributed by atoms with Crippen molar-refractivity contribution >= 4 is 5.69 Å². The maximum absolute atomic E-state index is 11.4. The van der Waals surface area contributed by atoms with Crippen LogP contribution in [-0.2, 0) is 6.54 Å². The van der Waals surface area contributed by atoms with Crippen molar-refractivity contribution in [2.75, 3.05) is 25.4 Å². The van der Waals surface area contributed by atoms with Gasteiger partial charge >= 0.3 is 0 Å². The van der Waals surface area contributed by atoms with Crippen LogP contribution >= 0.6 is 0 Å². The maximum Gasteiger partial charge on any atom is 0.249 e. The van der Waals surface area contributed by atoms with E-state index in [2.05, 4.69) is 17.0 Å². The molecule has 4 N–H and O–H groups in total. The minimum absolute atomic E-state index is 0.0292. The van der Waals surface area contributed by atoms with Crippen molar-refractivity contribution in [2.24, 2.45) is 5.73 Å². The molecule has 1 aliphatic rings. The number of anilines is 1. The molecule has 1 aliphatic heterocycles. The number of likely N-dealkylation sites (tertiary alicyclic amines) is 1. The highest BCUT2D eigenvalue weighted by Gasteiger charge is 2.21. The van der Waals surface area contributed by atoms with Gasteiger partial charge in [-0.25, -0.2) is 0 Å². The fraction of sp³-hybridized carbons (Fsp3) is 0.400. The molecule has 1 saturated heterocycles. The highest BCUT2D eigenvalue weighted by atomic mass is 16.5. The molecular weight excluding hydrogens is 330 g/mol. The van der Waals surface area contributed by atoms with E-state index in [1.807, 2.05) is 12.1 Å². The van der Waals surface area contributed by atoms with Gasteiger partial charge in [0, 0.05) is 6.54 Å². The fourth-order valence-corrected chi connectivity index (χ4v) is 3.31. The molecule has 3 rings (SSSR count). The number of piperidine rings is 1. The zero-order valence-electron chi connectivity index (χ0n) is 14.8. The van der Waals surface area contributed by atoms with Crippen molar-refractivity contribution in [3.8, 4) is 5.75 Å². The van der Waals surface area contributed by atoms with E-state index in [1.54, 1.807) is 12.2 Å². The number of nitrogens with zero attached hydrogens (tertiary/aromatic N) is 1. The molecule has 1 atom stereocenters. The van der Waals surface area contributed by atoms with Gasteiger partial charge in [-0.3, -0.25) is 14.5 Å². The van der Waals surface area contributed by atoms with Crippen LogP contribution in [0.3, 0.4) is 0 Å². The number of hydrogen-bond acceptors (Lipinski definition) is 6. The quantitative estimate of drug-likeness (QED) is 0.577. The van der Waals surface area contributed by atoms with Gasteiger partial charge in [-0.15, -0.1) is 0 Å². The third kappa shape index (κ3) is 4.20. The molecule has 26 heavy (non-hydrogen) atoms. The lowest BCUT2D eigenvalue weighted by Crippen LogP contribution is -2.41. The largest absolute Gasteiger partial charge is 0.490 e. The smallest absolute Gasteiger partial charge is 0.249 e. The molecule has 1 fully saturated rings. The third-order valence-corrected chi connectivity index (χ3v) is 4.76. The molecule has 1 heterocycles. The van der Waals surface area contributed by atoms with Crippen molar-refractivity contribution in [2.45, 2.75) is 31.8 Å². The number of nitrogens with two attached hydrogens (primary N) is 2. The lowest BCUT2D eigenvalue weighted by atomic mass is 10.00. The van der Waals surface area contributed by atoms with E-state index < -0.39 is 16.9 Å². The zero-order valence-corrected chi connectivity index (χ0v) is 14.8. The lowest BCUT2D eigenvalue weighted by molar-refractivity contribution is 0.220. The fourth-order valence-electron chi connectivity index (χ4n) is 3.31. The van der Waals surface area contributed by atoms with Crippen LogP contribution in [-0.4, -0.2) is 24.6 Å². The predicted molar refractivity (Wildman–Crippen MR) is 103 cm³/mol. The van der Waals surface area contributed by atoms with Gasteiger partial charge in [0.25, 0.3) is 0 Å².